The molecule has 5 heteroatoms. The highest BCUT2D eigenvalue weighted by molar-refractivity contribution is 9.10. The summed E-state index contributed by atoms with van der Waals surface area (Å²) in [5, 5.41) is 9.04. The Morgan fingerprint density at radius 2 is 2.06 bits per heavy atom. The molecular weight excluding hydrogens is 279 g/mol. The summed E-state index contributed by atoms with van der Waals surface area (Å²) in [4.78, 5) is 0. The van der Waals surface area contributed by atoms with E-state index >= 15 is 0 Å². The van der Waals surface area contributed by atoms with Crippen molar-refractivity contribution in [1.82, 2.24) is 0 Å². The average Bonchev–Trinajstić information content (AvgIpc) is 2.31. The molecule has 0 radical (unpaired) electrons. The maximum atomic E-state index is 13.9. The lowest BCUT2D eigenvalue weighted by Gasteiger charge is -2.16. The summed E-state index contributed by atoms with van der Waals surface area (Å²) in [7, 11) is 2.92. The molecule has 1 aromatic carbocycles. The zero-order valence-corrected chi connectivity index (χ0v) is 11.0. The third-order valence-electron chi connectivity index (χ3n) is 2.38. The molecule has 0 aliphatic rings. The first-order valence-corrected chi connectivity index (χ1v) is 5.56. The van der Waals surface area contributed by atoms with Gasteiger partial charge in [0.25, 0.3) is 0 Å². The van der Waals surface area contributed by atoms with E-state index in [9.17, 15) is 4.39 Å². The molecule has 0 aromatic heterocycles. The van der Waals surface area contributed by atoms with Crippen molar-refractivity contribution in [2.45, 2.75) is 12.8 Å². The van der Waals surface area contributed by atoms with E-state index in [4.69, 9.17) is 14.6 Å². The van der Waals surface area contributed by atoms with Gasteiger partial charge in [0.1, 0.15) is 5.82 Å². The van der Waals surface area contributed by atoms with Crippen LogP contribution in [0.4, 0.5) is 4.39 Å². The SMILES string of the molecule is COc1cc(C(C)CO)c(F)c(Br)c1OC. The molecule has 3 nitrogen and oxygen atoms in total. The zero-order chi connectivity index (χ0) is 12.3. The summed E-state index contributed by atoms with van der Waals surface area (Å²) in [5.74, 6) is 0.0234. The maximum Gasteiger partial charge on any atom is 0.177 e. The number of hydrogen-bond donors (Lipinski definition) is 1. The van der Waals surface area contributed by atoms with E-state index in [2.05, 4.69) is 15.9 Å². The smallest absolute Gasteiger partial charge is 0.177 e. The first-order chi connectivity index (χ1) is 7.56. The van der Waals surface area contributed by atoms with Crippen molar-refractivity contribution in [3.8, 4) is 11.5 Å². The third-order valence-corrected chi connectivity index (χ3v) is 3.09. The van der Waals surface area contributed by atoms with Gasteiger partial charge in [-0.15, -0.1) is 0 Å². The minimum Gasteiger partial charge on any atom is -0.493 e. The molecule has 90 valence electrons. The molecule has 0 bridgehead atoms. The molecule has 0 aliphatic heterocycles. The summed E-state index contributed by atoms with van der Waals surface area (Å²) in [6.45, 7) is 1.61. The number of aliphatic hydroxyl groups excluding tert-OH is 1. The average molecular weight is 293 g/mol. The van der Waals surface area contributed by atoms with Crippen LogP contribution in [0, 0.1) is 5.82 Å². The minimum atomic E-state index is -0.431. The van der Waals surface area contributed by atoms with Crippen LogP contribution in [-0.2, 0) is 0 Å². The lowest BCUT2D eigenvalue weighted by atomic mass is 10.0. The van der Waals surface area contributed by atoms with Crippen LogP contribution in [0.2, 0.25) is 0 Å². The van der Waals surface area contributed by atoms with E-state index < -0.39 is 5.82 Å². The highest BCUT2D eigenvalue weighted by Crippen LogP contribution is 2.40. The number of rotatable bonds is 4. The number of aliphatic hydroxyl groups is 1. The highest BCUT2D eigenvalue weighted by atomic mass is 79.9. The largest absolute Gasteiger partial charge is 0.493 e. The number of methoxy groups -OCH3 is 2. The van der Waals surface area contributed by atoms with Crippen molar-refractivity contribution in [3.05, 3.63) is 21.9 Å². The monoisotopic (exact) mass is 292 g/mol. The van der Waals surface area contributed by atoms with Gasteiger partial charge in [-0.1, -0.05) is 6.92 Å². The Morgan fingerprint density at radius 3 is 2.50 bits per heavy atom. The lowest BCUT2D eigenvalue weighted by Crippen LogP contribution is -2.05. The van der Waals surface area contributed by atoms with E-state index in [1.54, 1.807) is 13.0 Å². The van der Waals surface area contributed by atoms with Crippen LogP contribution in [0.3, 0.4) is 0 Å². The van der Waals surface area contributed by atoms with Crippen LogP contribution < -0.4 is 9.47 Å². The van der Waals surface area contributed by atoms with Gasteiger partial charge in [-0.25, -0.2) is 4.39 Å². The normalized spacial score (nSPS) is 12.4. The fourth-order valence-electron chi connectivity index (χ4n) is 1.40. The van der Waals surface area contributed by atoms with E-state index in [0.29, 0.717) is 17.1 Å². The van der Waals surface area contributed by atoms with Gasteiger partial charge < -0.3 is 14.6 Å². The van der Waals surface area contributed by atoms with E-state index in [0.717, 1.165) is 0 Å². The van der Waals surface area contributed by atoms with E-state index in [1.165, 1.54) is 14.2 Å². The molecule has 16 heavy (non-hydrogen) atoms. The van der Waals surface area contributed by atoms with Crippen molar-refractivity contribution in [2.24, 2.45) is 0 Å². The quantitative estimate of drug-likeness (QED) is 0.927. The van der Waals surface area contributed by atoms with Gasteiger partial charge in [-0.05, 0) is 27.6 Å². The Hall–Kier alpha value is -0.810. The Bertz CT molecular complexity index is 382. The van der Waals surface area contributed by atoms with Crippen LogP contribution in [0.5, 0.6) is 11.5 Å². The van der Waals surface area contributed by atoms with Crippen molar-refractivity contribution < 1.29 is 19.0 Å². The topological polar surface area (TPSA) is 38.7 Å². The second kappa shape index (κ2) is 5.50. The molecule has 1 atom stereocenters. The number of benzene rings is 1. The molecule has 1 rings (SSSR count). The van der Waals surface area contributed by atoms with Crippen molar-refractivity contribution in [2.75, 3.05) is 20.8 Å². The number of hydrogen-bond acceptors (Lipinski definition) is 3. The summed E-state index contributed by atoms with van der Waals surface area (Å²) in [6, 6.07) is 1.54. The number of ether oxygens (including phenoxy) is 2. The minimum absolute atomic E-state index is 0.126. The molecule has 1 aromatic rings. The van der Waals surface area contributed by atoms with Crippen LogP contribution in [-0.4, -0.2) is 25.9 Å². The Kier molecular flexibility index (Phi) is 4.56. The zero-order valence-electron chi connectivity index (χ0n) is 9.38. The Labute approximate surface area is 102 Å². The summed E-state index contributed by atoms with van der Waals surface area (Å²) < 4.78 is 24.3. The van der Waals surface area contributed by atoms with Crippen molar-refractivity contribution >= 4 is 15.9 Å². The molecule has 1 N–H and O–H groups in total. The van der Waals surface area contributed by atoms with Gasteiger partial charge in [0.05, 0.1) is 18.7 Å². The second-order valence-electron chi connectivity index (χ2n) is 3.41. The van der Waals surface area contributed by atoms with Crippen molar-refractivity contribution in [1.29, 1.82) is 0 Å². The van der Waals surface area contributed by atoms with Gasteiger partial charge in [0.2, 0.25) is 0 Å². The van der Waals surface area contributed by atoms with Gasteiger partial charge in [0.15, 0.2) is 11.5 Å². The van der Waals surface area contributed by atoms with Gasteiger partial charge in [0, 0.05) is 12.5 Å². The predicted octanol–water partition coefficient (Wildman–Crippen LogP) is 2.70. The molecule has 0 amide bonds. The summed E-state index contributed by atoms with van der Waals surface area (Å²) in [5.41, 5.74) is 0.395. The first-order valence-electron chi connectivity index (χ1n) is 4.77. The van der Waals surface area contributed by atoms with E-state index in [1.807, 2.05) is 0 Å². The Balaban J connectivity index is 3.38. The fraction of sp³-hybridized carbons (Fsp3) is 0.455. The van der Waals surface area contributed by atoms with Crippen molar-refractivity contribution in [3.63, 3.8) is 0 Å². The van der Waals surface area contributed by atoms with Gasteiger partial charge >= 0.3 is 0 Å². The molecule has 0 aliphatic carbocycles. The second-order valence-corrected chi connectivity index (χ2v) is 4.21. The highest BCUT2D eigenvalue weighted by Gasteiger charge is 2.20. The van der Waals surface area contributed by atoms with Gasteiger partial charge in [-0.3, -0.25) is 0 Å². The fourth-order valence-corrected chi connectivity index (χ4v) is 1.99. The predicted molar refractivity (Wildman–Crippen MR) is 62.7 cm³/mol. The van der Waals surface area contributed by atoms with Crippen LogP contribution >= 0.6 is 15.9 Å². The Morgan fingerprint density at radius 1 is 1.44 bits per heavy atom. The number of halogens is 2. The van der Waals surface area contributed by atoms with Crippen LogP contribution in [0.15, 0.2) is 10.5 Å². The molecule has 1 unspecified atom stereocenters. The first kappa shape index (κ1) is 13.3. The van der Waals surface area contributed by atoms with Crippen LogP contribution in [0.1, 0.15) is 18.4 Å². The molecule has 0 saturated carbocycles. The summed E-state index contributed by atoms with van der Waals surface area (Å²) in [6.07, 6.45) is 0. The molecule has 0 fully saturated rings. The molecule has 0 heterocycles. The van der Waals surface area contributed by atoms with Crippen LogP contribution in [0.25, 0.3) is 0 Å². The van der Waals surface area contributed by atoms with Gasteiger partial charge in [-0.2, -0.15) is 0 Å². The lowest BCUT2D eigenvalue weighted by molar-refractivity contribution is 0.269. The third kappa shape index (κ3) is 2.30. The standard InChI is InChI=1S/C11H14BrFO3/c1-6(5-14)7-4-8(15-2)11(16-3)9(12)10(7)13/h4,6,14H,5H2,1-3H3. The molecular formula is C11H14BrFO3. The molecule has 0 spiro atoms. The molecule has 0 saturated heterocycles. The maximum absolute atomic E-state index is 13.9. The van der Waals surface area contributed by atoms with E-state index in [-0.39, 0.29) is 17.0 Å². The summed E-state index contributed by atoms with van der Waals surface area (Å²) >= 11 is 3.12.